The molecule has 0 amide bonds. The third-order valence-electron chi connectivity index (χ3n) is 3.11. The van der Waals surface area contributed by atoms with Crippen LogP contribution < -0.4 is 5.32 Å². The van der Waals surface area contributed by atoms with Crippen LogP contribution in [0.4, 0.5) is 13.2 Å². The minimum atomic E-state index is -4.42. The number of phenolic OH excluding ortho intramolecular Hbond substituents is 1. The number of piperazine rings is 1. The Hall–Kier alpha value is -0.500. The molecule has 2 rings (SSSR count). The molecule has 1 heterocycles. The zero-order valence-electron chi connectivity index (χ0n) is 10.5. The van der Waals surface area contributed by atoms with E-state index in [4.69, 9.17) is 0 Å². The lowest BCUT2D eigenvalue weighted by Gasteiger charge is -2.36. The van der Waals surface area contributed by atoms with Crippen LogP contribution in [0.15, 0.2) is 22.7 Å². The molecule has 1 aliphatic heterocycles. The van der Waals surface area contributed by atoms with Gasteiger partial charge in [0.25, 0.3) is 0 Å². The van der Waals surface area contributed by atoms with Crippen molar-refractivity contribution in [2.75, 3.05) is 26.2 Å². The van der Waals surface area contributed by atoms with E-state index in [9.17, 15) is 18.3 Å². The maximum absolute atomic E-state index is 13.3. The molecule has 0 spiro atoms. The van der Waals surface area contributed by atoms with Crippen molar-refractivity contribution in [2.24, 2.45) is 0 Å². The second-order valence-electron chi connectivity index (χ2n) is 4.43. The van der Waals surface area contributed by atoms with E-state index < -0.39 is 12.2 Å². The zero-order valence-corrected chi connectivity index (χ0v) is 12.9. The number of nitrogens with one attached hydrogen (secondary N) is 1. The summed E-state index contributed by atoms with van der Waals surface area (Å²) in [5, 5.41) is 12.8. The van der Waals surface area contributed by atoms with Crippen LogP contribution in [0, 0.1) is 0 Å². The molecule has 1 saturated heterocycles. The minimum Gasteiger partial charge on any atom is -0.508 e. The molecule has 1 atom stereocenters. The van der Waals surface area contributed by atoms with Gasteiger partial charge in [-0.25, -0.2) is 0 Å². The van der Waals surface area contributed by atoms with Crippen LogP contribution in [0.3, 0.4) is 0 Å². The number of alkyl halides is 3. The maximum Gasteiger partial charge on any atom is 0.408 e. The Morgan fingerprint density at radius 2 is 1.85 bits per heavy atom. The third kappa shape index (κ3) is 4.00. The highest BCUT2D eigenvalue weighted by atomic mass is 79.9. The summed E-state index contributed by atoms with van der Waals surface area (Å²) in [6, 6.07) is 2.35. The maximum atomic E-state index is 13.3. The fourth-order valence-corrected chi connectivity index (χ4v) is 2.64. The summed E-state index contributed by atoms with van der Waals surface area (Å²) in [4.78, 5) is 1.35. The van der Waals surface area contributed by atoms with Gasteiger partial charge in [0, 0.05) is 36.2 Å². The largest absolute Gasteiger partial charge is 0.508 e. The van der Waals surface area contributed by atoms with Crippen molar-refractivity contribution in [1.82, 2.24) is 10.2 Å². The first kappa shape index (κ1) is 17.6. The Morgan fingerprint density at radius 3 is 2.40 bits per heavy atom. The first-order valence-electron chi connectivity index (χ1n) is 5.89. The second-order valence-corrected chi connectivity index (χ2v) is 5.35. The van der Waals surface area contributed by atoms with Gasteiger partial charge in [-0.2, -0.15) is 13.2 Å². The normalized spacial score (nSPS) is 18.4. The predicted molar refractivity (Wildman–Crippen MR) is 76.3 cm³/mol. The van der Waals surface area contributed by atoms with Gasteiger partial charge in [0.1, 0.15) is 11.8 Å². The van der Waals surface area contributed by atoms with E-state index in [-0.39, 0.29) is 23.7 Å². The van der Waals surface area contributed by atoms with Gasteiger partial charge in [0.2, 0.25) is 0 Å². The van der Waals surface area contributed by atoms with Gasteiger partial charge in [-0.1, -0.05) is 15.9 Å². The highest BCUT2D eigenvalue weighted by Crippen LogP contribution is 2.42. The minimum absolute atomic E-state index is 0. The van der Waals surface area contributed by atoms with Gasteiger partial charge in [-0.05, 0) is 18.2 Å². The number of halogens is 5. The molecule has 1 aromatic rings. The zero-order chi connectivity index (χ0) is 14.0. The lowest BCUT2D eigenvalue weighted by Crippen LogP contribution is -2.49. The van der Waals surface area contributed by atoms with Crippen LogP contribution in [0.5, 0.6) is 5.75 Å². The molecule has 114 valence electrons. The molecule has 0 bridgehead atoms. The molecular weight excluding hydrogens is 360 g/mol. The predicted octanol–water partition coefficient (Wildman–Crippen LogP) is 3.09. The molecule has 3 nitrogen and oxygen atoms in total. The molecule has 1 aromatic carbocycles. The topological polar surface area (TPSA) is 35.5 Å². The van der Waals surface area contributed by atoms with Gasteiger partial charge >= 0.3 is 6.18 Å². The van der Waals surface area contributed by atoms with Gasteiger partial charge in [-0.3, -0.25) is 4.90 Å². The van der Waals surface area contributed by atoms with E-state index in [1.807, 2.05) is 0 Å². The molecule has 0 aliphatic carbocycles. The Bertz CT molecular complexity index is 453. The Labute approximate surface area is 129 Å². The molecular formula is C12H15BrClF3N2O. The van der Waals surface area contributed by atoms with Gasteiger partial charge in [0.15, 0.2) is 0 Å². The Morgan fingerprint density at radius 1 is 1.25 bits per heavy atom. The van der Waals surface area contributed by atoms with Crippen LogP contribution in [0.25, 0.3) is 0 Å². The number of rotatable bonds is 2. The van der Waals surface area contributed by atoms with Gasteiger partial charge < -0.3 is 10.4 Å². The van der Waals surface area contributed by atoms with Crippen LogP contribution in [0.1, 0.15) is 11.6 Å². The third-order valence-corrected chi connectivity index (χ3v) is 3.60. The number of hydrogen-bond donors (Lipinski definition) is 2. The number of aromatic hydroxyl groups is 1. The molecule has 20 heavy (non-hydrogen) atoms. The van der Waals surface area contributed by atoms with E-state index in [0.29, 0.717) is 30.7 Å². The summed E-state index contributed by atoms with van der Waals surface area (Å²) in [6.07, 6.45) is -4.42. The number of benzene rings is 1. The van der Waals surface area contributed by atoms with Crippen molar-refractivity contribution in [3.63, 3.8) is 0 Å². The summed E-state index contributed by atoms with van der Waals surface area (Å²) in [7, 11) is 0. The summed E-state index contributed by atoms with van der Waals surface area (Å²) >= 11 is 3.15. The van der Waals surface area contributed by atoms with Crippen LogP contribution in [0.2, 0.25) is 0 Å². The van der Waals surface area contributed by atoms with Crippen molar-refractivity contribution in [2.45, 2.75) is 12.2 Å². The molecule has 1 fully saturated rings. The molecule has 2 N–H and O–H groups in total. The molecule has 0 unspecified atom stereocenters. The standard InChI is InChI=1S/C12H14BrF3N2O.ClH/c13-8-1-2-10(19)9(7-8)11(12(14,15)16)18-5-3-17-4-6-18;/h1-2,7,11,17,19H,3-6H2;1H/t11-;/m1./s1. The average Bonchev–Trinajstić information content (AvgIpc) is 2.33. The highest BCUT2D eigenvalue weighted by Gasteiger charge is 2.46. The van der Waals surface area contributed by atoms with Crippen molar-refractivity contribution < 1.29 is 18.3 Å². The lowest BCUT2D eigenvalue weighted by atomic mass is 10.0. The van der Waals surface area contributed by atoms with Crippen molar-refractivity contribution in [1.29, 1.82) is 0 Å². The quantitative estimate of drug-likeness (QED) is 0.834. The van der Waals surface area contributed by atoms with Crippen molar-refractivity contribution in [3.8, 4) is 5.75 Å². The Kier molecular flexibility index (Phi) is 6.12. The van der Waals surface area contributed by atoms with Gasteiger partial charge in [0.05, 0.1) is 0 Å². The van der Waals surface area contributed by atoms with Crippen molar-refractivity contribution >= 4 is 28.3 Å². The first-order valence-corrected chi connectivity index (χ1v) is 6.69. The van der Waals surface area contributed by atoms with E-state index in [2.05, 4.69) is 21.2 Å². The molecule has 0 radical (unpaired) electrons. The summed E-state index contributed by atoms with van der Waals surface area (Å²) in [5.41, 5.74) is -0.108. The number of nitrogens with zero attached hydrogens (tertiary/aromatic N) is 1. The van der Waals surface area contributed by atoms with Crippen molar-refractivity contribution in [3.05, 3.63) is 28.2 Å². The fraction of sp³-hybridized carbons (Fsp3) is 0.500. The van der Waals surface area contributed by atoms with E-state index in [1.54, 1.807) is 0 Å². The Balaban J connectivity index is 0.00000200. The molecule has 1 aliphatic rings. The lowest BCUT2D eigenvalue weighted by molar-refractivity contribution is -0.188. The highest BCUT2D eigenvalue weighted by molar-refractivity contribution is 9.10. The molecule has 0 aromatic heterocycles. The molecule has 8 heteroatoms. The number of phenols is 1. The monoisotopic (exact) mass is 374 g/mol. The van der Waals surface area contributed by atoms with E-state index in [1.165, 1.54) is 23.1 Å². The molecule has 0 saturated carbocycles. The summed E-state index contributed by atoms with van der Waals surface area (Å²) in [5.74, 6) is -0.330. The summed E-state index contributed by atoms with van der Waals surface area (Å²) < 4.78 is 40.5. The first-order chi connectivity index (χ1) is 8.89. The van der Waals surface area contributed by atoms with Gasteiger partial charge in [-0.15, -0.1) is 12.4 Å². The van der Waals surface area contributed by atoms with E-state index in [0.717, 1.165) is 0 Å². The summed E-state index contributed by atoms with van der Waals surface area (Å²) in [6.45, 7) is 1.63. The smallest absolute Gasteiger partial charge is 0.408 e. The van der Waals surface area contributed by atoms with Crippen LogP contribution in [-0.4, -0.2) is 42.4 Å². The SMILES string of the molecule is Cl.Oc1ccc(Br)cc1[C@@H](N1CCNCC1)C(F)(F)F. The fourth-order valence-electron chi connectivity index (χ4n) is 2.26. The van der Waals surface area contributed by atoms with Crippen LogP contribution in [-0.2, 0) is 0 Å². The van der Waals surface area contributed by atoms with Crippen LogP contribution >= 0.6 is 28.3 Å². The van der Waals surface area contributed by atoms with E-state index >= 15 is 0 Å². The number of hydrogen-bond acceptors (Lipinski definition) is 3. The second kappa shape index (κ2) is 6.98. The average molecular weight is 376 g/mol.